The van der Waals surface area contributed by atoms with Crippen molar-refractivity contribution in [2.75, 3.05) is 13.7 Å². The summed E-state index contributed by atoms with van der Waals surface area (Å²) in [6.07, 6.45) is -0.0481. The average Bonchev–Trinajstić information content (AvgIpc) is 2.80. The van der Waals surface area contributed by atoms with Crippen LogP contribution < -0.4 is 10.1 Å². The summed E-state index contributed by atoms with van der Waals surface area (Å²) in [5.41, 5.74) is 2.71. The number of carbonyl (C=O) groups is 1. The van der Waals surface area contributed by atoms with E-state index < -0.39 is 6.10 Å². The van der Waals surface area contributed by atoms with Crippen molar-refractivity contribution in [3.63, 3.8) is 0 Å². The van der Waals surface area contributed by atoms with E-state index in [4.69, 9.17) is 32.7 Å². The second-order valence-electron chi connectivity index (χ2n) is 7.51. The van der Waals surface area contributed by atoms with Crippen LogP contribution in [0.3, 0.4) is 0 Å². The molecule has 0 bridgehead atoms. The lowest BCUT2D eigenvalue weighted by Gasteiger charge is -2.42. The van der Waals surface area contributed by atoms with Gasteiger partial charge in [0.05, 0.1) is 17.2 Å². The molecule has 1 aliphatic heterocycles. The van der Waals surface area contributed by atoms with Gasteiger partial charge >= 0.3 is 6.03 Å². The van der Waals surface area contributed by atoms with Crippen molar-refractivity contribution >= 4 is 29.2 Å². The van der Waals surface area contributed by atoms with E-state index in [1.165, 1.54) is 0 Å². The maximum absolute atomic E-state index is 12.8. The first-order valence-corrected chi connectivity index (χ1v) is 11.1. The largest absolute Gasteiger partial charge is 0.497 e. The van der Waals surface area contributed by atoms with Gasteiger partial charge in [0.1, 0.15) is 18.1 Å². The van der Waals surface area contributed by atoms with Crippen LogP contribution in [0.5, 0.6) is 5.75 Å². The van der Waals surface area contributed by atoms with E-state index in [0.29, 0.717) is 23.1 Å². The number of likely N-dealkylation sites (tertiary alicyclic amines) is 1. The van der Waals surface area contributed by atoms with Crippen LogP contribution >= 0.6 is 23.2 Å². The van der Waals surface area contributed by atoms with Crippen molar-refractivity contribution in [1.29, 1.82) is 0 Å². The molecule has 32 heavy (non-hydrogen) atoms. The Morgan fingerprint density at radius 2 is 1.81 bits per heavy atom. The summed E-state index contributed by atoms with van der Waals surface area (Å²) in [4.78, 5) is 14.5. The molecule has 2 unspecified atom stereocenters. The van der Waals surface area contributed by atoms with Crippen LogP contribution in [0.25, 0.3) is 0 Å². The van der Waals surface area contributed by atoms with E-state index in [0.717, 1.165) is 28.9 Å². The van der Waals surface area contributed by atoms with E-state index in [1.54, 1.807) is 18.1 Å². The Hall–Kier alpha value is -2.73. The van der Waals surface area contributed by atoms with Gasteiger partial charge in [-0.3, -0.25) is 4.90 Å². The van der Waals surface area contributed by atoms with E-state index in [-0.39, 0.29) is 12.3 Å². The molecule has 2 atom stereocenters. The minimum absolute atomic E-state index is 0.166. The number of nitrogens with one attached hydrogen (secondary N) is 1. The fourth-order valence-corrected chi connectivity index (χ4v) is 4.01. The van der Waals surface area contributed by atoms with E-state index >= 15 is 0 Å². The lowest BCUT2D eigenvalue weighted by molar-refractivity contribution is -0.120. The predicted molar refractivity (Wildman–Crippen MR) is 126 cm³/mol. The highest BCUT2D eigenvalue weighted by atomic mass is 35.5. The molecule has 1 heterocycles. The quantitative estimate of drug-likeness (QED) is 0.457. The van der Waals surface area contributed by atoms with Gasteiger partial charge in [0.2, 0.25) is 0 Å². The lowest BCUT2D eigenvalue weighted by Crippen LogP contribution is -2.56. The molecule has 2 amide bonds. The molecule has 1 aliphatic rings. The maximum atomic E-state index is 12.8. The number of hydrogen-bond acceptors (Lipinski definition) is 3. The number of hydrogen-bond donors (Lipinski definition) is 1. The Bertz CT molecular complexity index is 1060. The van der Waals surface area contributed by atoms with E-state index in [1.807, 2.05) is 66.7 Å². The number of carbonyl (C=O) groups excluding carboxylic acids is 1. The molecule has 0 saturated carbocycles. The Morgan fingerprint density at radius 1 is 1.06 bits per heavy atom. The average molecular weight is 471 g/mol. The second kappa shape index (κ2) is 10.3. The highest BCUT2D eigenvalue weighted by molar-refractivity contribution is 6.42. The second-order valence-corrected chi connectivity index (χ2v) is 8.30. The molecule has 4 rings (SSSR count). The smallest absolute Gasteiger partial charge is 0.319 e. The Morgan fingerprint density at radius 3 is 2.47 bits per heavy atom. The van der Waals surface area contributed by atoms with Gasteiger partial charge in [-0.2, -0.15) is 0 Å². The third kappa shape index (κ3) is 5.01. The molecule has 0 aromatic heterocycles. The molecular weight excluding hydrogens is 447 g/mol. The fraction of sp³-hybridized carbons (Fsp3) is 0.240. The summed E-state index contributed by atoms with van der Waals surface area (Å²) in [6, 6.07) is 22.7. The molecule has 0 aliphatic carbocycles. The molecule has 1 N–H and O–H groups in total. The van der Waals surface area contributed by atoms with Gasteiger partial charge in [0, 0.05) is 25.1 Å². The minimum Gasteiger partial charge on any atom is -0.497 e. The number of benzene rings is 3. The number of urea groups is 1. The Balaban J connectivity index is 1.45. The standard InChI is InChI=1S/C25H24Cl2N2O3/c1-31-19-12-10-17(11-13-19)16-28-25(30)29-15-14-22(29)32-24(18-6-3-2-4-7-18)20-8-5-9-21(26)23(20)27/h2-13,22,24H,14-16H2,1H3,(H,28,30). The van der Waals surface area contributed by atoms with Crippen molar-refractivity contribution in [3.05, 3.63) is 99.5 Å². The van der Waals surface area contributed by atoms with Gasteiger partial charge in [0.15, 0.2) is 0 Å². The lowest BCUT2D eigenvalue weighted by atomic mass is 10.0. The van der Waals surface area contributed by atoms with Crippen LogP contribution in [0.4, 0.5) is 4.79 Å². The van der Waals surface area contributed by atoms with Crippen LogP contribution in [-0.4, -0.2) is 30.8 Å². The minimum atomic E-state index is -0.440. The molecular formula is C25H24Cl2N2O3. The third-order valence-corrected chi connectivity index (χ3v) is 6.32. The number of nitrogens with zero attached hydrogens (tertiary/aromatic N) is 1. The Labute approximate surface area is 197 Å². The maximum Gasteiger partial charge on any atom is 0.319 e. The van der Waals surface area contributed by atoms with Gasteiger partial charge in [0.25, 0.3) is 0 Å². The number of halogens is 2. The van der Waals surface area contributed by atoms with Crippen molar-refractivity contribution in [3.8, 4) is 5.75 Å². The number of rotatable bonds is 7. The summed E-state index contributed by atoms with van der Waals surface area (Å²) >= 11 is 12.8. The summed E-state index contributed by atoms with van der Waals surface area (Å²) < 4.78 is 11.6. The molecule has 1 saturated heterocycles. The van der Waals surface area contributed by atoms with Crippen LogP contribution in [0.2, 0.25) is 10.0 Å². The molecule has 3 aromatic carbocycles. The van der Waals surface area contributed by atoms with Gasteiger partial charge < -0.3 is 14.8 Å². The zero-order chi connectivity index (χ0) is 22.5. The molecule has 7 heteroatoms. The van der Waals surface area contributed by atoms with Crippen molar-refractivity contribution in [2.24, 2.45) is 0 Å². The van der Waals surface area contributed by atoms with Gasteiger partial charge in [-0.15, -0.1) is 0 Å². The zero-order valence-corrected chi connectivity index (χ0v) is 19.1. The summed E-state index contributed by atoms with van der Waals surface area (Å²) in [7, 11) is 1.63. The molecule has 166 valence electrons. The Kier molecular flexibility index (Phi) is 7.20. The monoisotopic (exact) mass is 470 g/mol. The molecule has 0 spiro atoms. The molecule has 5 nitrogen and oxygen atoms in total. The summed E-state index contributed by atoms with van der Waals surface area (Å²) in [5, 5.41) is 3.89. The predicted octanol–water partition coefficient (Wildman–Crippen LogP) is 6.05. The fourth-order valence-electron chi connectivity index (χ4n) is 3.60. The highest BCUT2D eigenvalue weighted by Gasteiger charge is 2.36. The zero-order valence-electron chi connectivity index (χ0n) is 17.6. The number of ether oxygens (including phenoxy) is 2. The van der Waals surface area contributed by atoms with Gasteiger partial charge in [-0.05, 0) is 29.3 Å². The SMILES string of the molecule is COc1ccc(CNC(=O)N2CCC2OC(c2ccccc2)c2cccc(Cl)c2Cl)cc1. The third-order valence-electron chi connectivity index (χ3n) is 5.49. The van der Waals surface area contributed by atoms with Crippen molar-refractivity contribution < 1.29 is 14.3 Å². The molecule has 3 aromatic rings. The van der Waals surface area contributed by atoms with Gasteiger partial charge in [-0.25, -0.2) is 4.79 Å². The first-order chi connectivity index (χ1) is 15.6. The van der Waals surface area contributed by atoms with Crippen LogP contribution in [-0.2, 0) is 11.3 Å². The first kappa shape index (κ1) is 22.5. The van der Waals surface area contributed by atoms with Crippen LogP contribution in [0.1, 0.15) is 29.2 Å². The summed E-state index contributed by atoms with van der Waals surface area (Å²) in [6.45, 7) is 1.05. The molecule has 0 radical (unpaired) electrons. The van der Waals surface area contributed by atoms with Crippen molar-refractivity contribution in [2.45, 2.75) is 25.3 Å². The summed E-state index contributed by atoms with van der Waals surface area (Å²) in [5.74, 6) is 0.780. The van der Waals surface area contributed by atoms with Crippen LogP contribution in [0.15, 0.2) is 72.8 Å². The number of amides is 2. The van der Waals surface area contributed by atoms with Gasteiger partial charge in [-0.1, -0.05) is 77.8 Å². The normalized spacial score (nSPS) is 16.2. The van der Waals surface area contributed by atoms with Crippen LogP contribution in [0, 0.1) is 0 Å². The topological polar surface area (TPSA) is 50.8 Å². The van der Waals surface area contributed by atoms with E-state index in [2.05, 4.69) is 5.32 Å². The molecule has 1 fully saturated rings. The van der Waals surface area contributed by atoms with E-state index in [9.17, 15) is 4.79 Å². The number of methoxy groups -OCH3 is 1. The first-order valence-electron chi connectivity index (χ1n) is 10.4. The van der Waals surface area contributed by atoms with Crippen molar-refractivity contribution in [1.82, 2.24) is 10.2 Å². The highest BCUT2D eigenvalue weighted by Crippen LogP contribution is 2.38.